The summed E-state index contributed by atoms with van der Waals surface area (Å²) in [6, 6.07) is 9.96. The third-order valence-corrected chi connectivity index (χ3v) is 4.93. The molecule has 1 fully saturated rings. The maximum atomic E-state index is 12.4. The number of aromatic nitrogens is 1. The molecule has 1 atom stereocenters. The highest BCUT2D eigenvalue weighted by Gasteiger charge is 2.22. The molecule has 2 aromatic rings. The fraction of sp³-hybridized carbons (Fsp3) is 0.450. The highest BCUT2D eigenvalue weighted by Crippen LogP contribution is 2.22. The van der Waals surface area contributed by atoms with Crippen molar-refractivity contribution in [2.45, 2.75) is 38.1 Å². The van der Waals surface area contributed by atoms with Crippen LogP contribution in [0, 0.1) is 5.92 Å². The summed E-state index contributed by atoms with van der Waals surface area (Å²) in [5.41, 5.74) is 0.935. The third-order valence-electron chi connectivity index (χ3n) is 4.93. The van der Waals surface area contributed by atoms with Gasteiger partial charge in [-0.3, -0.25) is 9.59 Å². The number of nitrogens with zero attached hydrogens (tertiary/aromatic N) is 1. The fourth-order valence-corrected chi connectivity index (χ4v) is 3.38. The van der Waals surface area contributed by atoms with Gasteiger partial charge in [0, 0.05) is 11.9 Å². The van der Waals surface area contributed by atoms with E-state index in [4.69, 9.17) is 0 Å². The average Bonchev–Trinajstić information content (AvgIpc) is 2.70. The van der Waals surface area contributed by atoms with E-state index in [0.717, 1.165) is 18.2 Å². The van der Waals surface area contributed by atoms with E-state index in [2.05, 4.69) is 15.6 Å². The number of carbonyl (C=O) groups excluding carboxylic acids is 2. The number of pyridine rings is 1. The van der Waals surface area contributed by atoms with Crippen LogP contribution in [0.3, 0.4) is 0 Å². The summed E-state index contributed by atoms with van der Waals surface area (Å²) in [4.78, 5) is 29.0. The minimum Gasteiger partial charge on any atom is -0.394 e. The lowest BCUT2D eigenvalue weighted by Gasteiger charge is -2.23. The normalized spacial score (nSPS) is 16.2. The summed E-state index contributed by atoms with van der Waals surface area (Å²) < 4.78 is 0. The monoisotopic (exact) mass is 355 g/mol. The molecule has 6 heteroatoms. The molecule has 1 aliphatic rings. The molecule has 26 heavy (non-hydrogen) atoms. The Labute approximate surface area is 153 Å². The Morgan fingerprint density at radius 2 is 1.88 bits per heavy atom. The van der Waals surface area contributed by atoms with Gasteiger partial charge in [-0.05, 0) is 30.9 Å². The number of aliphatic hydroxyl groups excluding tert-OH is 1. The van der Waals surface area contributed by atoms with Gasteiger partial charge < -0.3 is 15.7 Å². The number of nitrogens with one attached hydrogen (secondary N) is 2. The van der Waals surface area contributed by atoms with E-state index < -0.39 is 18.6 Å². The first-order valence-electron chi connectivity index (χ1n) is 9.22. The summed E-state index contributed by atoms with van der Waals surface area (Å²) >= 11 is 0. The molecule has 6 nitrogen and oxygen atoms in total. The number of rotatable bonds is 6. The van der Waals surface area contributed by atoms with Crippen LogP contribution in [0.4, 0.5) is 0 Å². The van der Waals surface area contributed by atoms with E-state index in [-0.39, 0.29) is 11.6 Å². The zero-order valence-corrected chi connectivity index (χ0v) is 14.8. The number of para-hydroxylation sites is 1. The summed E-state index contributed by atoms with van der Waals surface area (Å²) in [6.45, 7) is 0.148. The molecule has 2 amide bonds. The molecule has 1 aromatic heterocycles. The van der Waals surface area contributed by atoms with E-state index in [1.165, 1.54) is 19.3 Å². The van der Waals surface area contributed by atoms with Crippen molar-refractivity contribution in [3.8, 4) is 0 Å². The van der Waals surface area contributed by atoms with Crippen LogP contribution in [0.5, 0.6) is 0 Å². The number of hydrogen-bond acceptors (Lipinski definition) is 4. The minimum atomic E-state index is -0.973. The topological polar surface area (TPSA) is 91.3 Å². The summed E-state index contributed by atoms with van der Waals surface area (Å²) in [5.74, 6) is -0.334. The van der Waals surface area contributed by atoms with Crippen molar-refractivity contribution in [1.29, 1.82) is 0 Å². The number of carbonyl (C=O) groups is 2. The Morgan fingerprint density at radius 3 is 2.65 bits per heavy atom. The zero-order valence-electron chi connectivity index (χ0n) is 14.8. The lowest BCUT2D eigenvalue weighted by atomic mass is 9.89. The molecule has 0 unspecified atom stereocenters. The van der Waals surface area contributed by atoms with Crippen LogP contribution < -0.4 is 10.6 Å². The van der Waals surface area contributed by atoms with Crippen LogP contribution in [0.2, 0.25) is 0 Å². The largest absolute Gasteiger partial charge is 0.394 e. The van der Waals surface area contributed by atoms with Crippen LogP contribution >= 0.6 is 0 Å². The van der Waals surface area contributed by atoms with E-state index in [0.29, 0.717) is 18.0 Å². The van der Waals surface area contributed by atoms with Crippen molar-refractivity contribution in [2.75, 3.05) is 13.2 Å². The van der Waals surface area contributed by atoms with E-state index in [9.17, 15) is 14.7 Å². The fourth-order valence-electron chi connectivity index (χ4n) is 3.38. The second-order valence-corrected chi connectivity index (χ2v) is 6.85. The Kier molecular flexibility index (Phi) is 6.17. The maximum absolute atomic E-state index is 12.4. The van der Waals surface area contributed by atoms with Crippen LogP contribution in [0.25, 0.3) is 10.9 Å². The molecule has 1 saturated carbocycles. The SMILES string of the molecule is O=C(N[C@@H](CO)C(=O)NCC1CCCCC1)c1ccc2ccccc2n1. The number of fused-ring (bicyclic) bond motifs is 1. The van der Waals surface area contributed by atoms with E-state index in [1.54, 1.807) is 6.07 Å². The molecular weight excluding hydrogens is 330 g/mol. The van der Waals surface area contributed by atoms with Gasteiger partial charge in [0.25, 0.3) is 5.91 Å². The Balaban J connectivity index is 1.58. The van der Waals surface area contributed by atoms with Crippen LogP contribution in [-0.4, -0.2) is 41.1 Å². The van der Waals surface area contributed by atoms with Crippen LogP contribution in [0.15, 0.2) is 36.4 Å². The van der Waals surface area contributed by atoms with Gasteiger partial charge in [-0.15, -0.1) is 0 Å². The molecule has 1 aliphatic carbocycles. The van der Waals surface area contributed by atoms with E-state index >= 15 is 0 Å². The van der Waals surface area contributed by atoms with Crippen LogP contribution in [-0.2, 0) is 4.79 Å². The molecule has 3 N–H and O–H groups in total. The van der Waals surface area contributed by atoms with Crippen molar-refractivity contribution in [1.82, 2.24) is 15.6 Å². The van der Waals surface area contributed by atoms with Crippen molar-refractivity contribution >= 4 is 22.7 Å². The first kappa shape index (κ1) is 18.3. The summed E-state index contributed by atoms with van der Waals surface area (Å²) in [6.07, 6.45) is 5.91. The predicted molar refractivity (Wildman–Crippen MR) is 99.7 cm³/mol. The highest BCUT2D eigenvalue weighted by atomic mass is 16.3. The quantitative estimate of drug-likeness (QED) is 0.739. The van der Waals surface area contributed by atoms with Gasteiger partial charge in [0.15, 0.2) is 0 Å². The summed E-state index contributed by atoms with van der Waals surface area (Å²) in [7, 11) is 0. The molecule has 0 bridgehead atoms. The molecule has 0 aliphatic heterocycles. The maximum Gasteiger partial charge on any atom is 0.270 e. The molecule has 0 saturated heterocycles. The second-order valence-electron chi connectivity index (χ2n) is 6.85. The smallest absolute Gasteiger partial charge is 0.270 e. The number of benzene rings is 1. The minimum absolute atomic E-state index is 0.224. The van der Waals surface area contributed by atoms with E-state index in [1.807, 2.05) is 30.3 Å². The van der Waals surface area contributed by atoms with Crippen LogP contribution in [0.1, 0.15) is 42.6 Å². The van der Waals surface area contributed by atoms with Crippen molar-refractivity contribution in [3.05, 3.63) is 42.1 Å². The lowest BCUT2D eigenvalue weighted by molar-refractivity contribution is -0.124. The Bertz CT molecular complexity index is 772. The molecule has 0 radical (unpaired) electrons. The number of amides is 2. The van der Waals surface area contributed by atoms with Gasteiger partial charge in [0.05, 0.1) is 12.1 Å². The van der Waals surface area contributed by atoms with Gasteiger partial charge in [-0.1, -0.05) is 43.5 Å². The van der Waals surface area contributed by atoms with Crippen molar-refractivity contribution < 1.29 is 14.7 Å². The first-order valence-corrected chi connectivity index (χ1v) is 9.22. The molecule has 1 heterocycles. The first-order chi connectivity index (χ1) is 12.7. The van der Waals surface area contributed by atoms with Gasteiger partial charge in [0.2, 0.25) is 5.91 Å². The van der Waals surface area contributed by atoms with Crippen molar-refractivity contribution in [2.24, 2.45) is 5.92 Å². The Hall–Kier alpha value is -2.47. The summed E-state index contributed by atoms with van der Waals surface area (Å²) in [5, 5.41) is 15.9. The molecule has 1 aromatic carbocycles. The molecular formula is C20H25N3O3. The number of aliphatic hydroxyl groups is 1. The number of hydrogen-bond donors (Lipinski definition) is 3. The average molecular weight is 355 g/mol. The highest BCUT2D eigenvalue weighted by molar-refractivity contribution is 5.97. The molecule has 3 rings (SSSR count). The predicted octanol–water partition coefficient (Wildman–Crippen LogP) is 2.02. The third kappa shape index (κ3) is 4.58. The molecule has 0 spiro atoms. The van der Waals surface area contributed by atoms with Gasteiger partial charge in [-0.2, -0.15) is 0 Å². The molecule has 138 valence electrons. The van der Waals surface area contributed by atoms with Crippen molar-refractivity contribution in [3.63, 3.8) is 0 Å². The lowest BCUT2D eigenvalue weighted by Crippen LogP contribution is -2.50. The Morgan fingerprint density at radius 1 is 1.12 bits per heavy atom. The van der Waals surface area contributed by atoms with Gasteiger partial charge in [-0.25, -0.2) is 4.98 Å². The van der Waals surface area contributed by atoms with Gasteiger partial charge >= 0.3 is 0 Å². The standard InChI is InChI=1S/C20H25N3O3/c24-13-18(19(25)21-12-14-6-2-1-3-7-14)23-20(26)17-11-10-15-8-4-5-9-16(15)22-17/h4-5,8-11,14,18,24H,1-3,6-7,12-13H2,(H,21,25)(H,23,26)/t18-/m0/s1. The zero-order chi connectivity index (χ0) is 18.4. The van der Waals surface area contributed by atoms with Gasteiger partial charge in [0.1, 0.15) is 11.7 Å². The second kappa shape index (κ2) is 8.76.